The first-order valence-corrected chi connectivity index (χ1v) is 5.42. The number of rotatable bonds is 3. The lowest BCUT2D eigenvalue weighted by Crippen LogP contribution is -2.48. The third-order valence-electron chi connectivity index (χ3n) is 0.831. The summed E-state index contributed by atoms with van der Waals surface area (Å²) in [4.78, 5) is 0. The summed E-state index contributed by atoms with van der Waals surface area (Å²) in [7, 11) is -3.34. The van der Waals surface area contributed by atoms with Gasteiger partial charge in [0.05, 0.1) is 0 Å². The molecule has 0 amide bonds. The first-order valence-electron chi connectivity index (χ1n) is 3.93. The molecular weight excluding hydrogens is 176 g/mol. The topological polar surface area (TPSA) is 58.2 Å². The molecule has 0 unspecified atom stereocenters. The Morgan fingerprint density at radius 2 is 1.58 bits per heavy atom. The summed E-state index contributed by atoms with van der Waals surface area (Å²) in [5.41, 5.74) is -0.430. The molecule has 0 bridgehead atoms. The van der Waals surface area contributed by atoms with E-state index in [0.717, 1.165) is 0 Å². The zero-order valence-corrected chi connectivity index (χ0v) is 9.12. The minimum absolute atomic E-state index is 0.0788. The molecule has 0 radical (unpaired) electrons. The molecule has 2 N–H and O–H groups in total. The van der Waals surface area contributed by atoms with Crippen molar-refractivity contribution in [3.63, 3.8) is 0 Å². The summed E-state index contributed by atoms with van der Waals surface area (Å²) in [6.45, 7) is 8.95. The highest BCUT2D eigenvalue weighted by molar-refractivity contribution is 7.87. The van der Waals surface area contributed by atoms with Crippen molar-refractivity contribution in [2.24, 2.45) is 0 Å². The van der Waals surface area contributed by atoms with Crippen molar-refractivity contribution < 1.29 is 8.42 Å². The molecule has 0 aromatic rings. The summed E-state index contributed by atoms with van der Waals surface area (Å²) in [6, 6.07) is -0.0788. The zero-order chi connectivity index (χ0) is 9.99. The molecule has 74 valence electrons. The molecule has 0 aliphatic rings. The summed E-state index contributed by atoms with van der Waals surface area (Å²) in [5, 5.41) is 0. The molecule has 0 fully saturated rings. The quantitative estimate of drug-likeness (QED) is 0.692. The van der Waals surface area contributed by atoms with Gasteiger partial charge in [-0.05, 0) is 34.6 Å². The molecule has 0 spiro atoms. The van der Waals surface area contributed by atoms with E-state index in [1.165, 1.54) is 0 Å². The largest absolute Gasteiger partial charge is 0.277 e. The van der Waals surface area contributed by atoms with Gasteiger partial charge in [0.15, 0.2) is 0 Å². The number of hydrogen-bond donors (Lipinski definition) is 2. The molecule has 0 atom stereocenters. The van der Waals surface area contributed by atoms with Crippen molar-refractivity contribution in [1.29, 1.82) is 0 Å². The predicted molar refractivity (Wildman–Crippen MR) is 50.1 cm³/mol. The molecular formula is C7H18N2O2S. The Bertz CT molecular complexity index is 226. The summed E-state index contributed by atoms with van der Waals surface area (Å²) >= 11 is 0. The SMILES string of the molecule is CC(C)NS(=O)(=O)NC(C)(C)C. The maximum atomic E-state index is 11.2. The Kier molecular flexibility index (Phi) is 3.68. The molecule has 4 nitrogen and oxygen atoms in total. The second-order valence-corrected chi connectivity index (χ2v) is 5.57. The van der Waals surface area contributed by atoms with Crippen LogP contribution in [0.15, 0.2) is 0 Å². The molecule has 0 aliphatic heterocycles. The standard InChI is InChI=1S/C7H18N2O2S/c1-6(2)8-12(10,11)9-7(3,4)5/h6,8-9H,1-5H3. The van der Waals surface area contributed by atoms with Gasteiger partial charge in [0.2, 0.25) is 0 Å². The minimum Gasteiger partial charge on any atom is -0.200 e. The Morgan fingerprint density at radius 1 is 1.17 bits per heavy atom. The van der Waals surface area contributed by atoms with E-state index in [1.54, 1.807) is 34.6 Å². The van der Waals surface area contributed by atoms with Crippen LogP contribution in [0.25, 0.3) is 0 Å². The predicted octanol–water partition coefficient (Wildman–Crippen LogP) is 0.617. The first kappa shape index (κ1) is 11.9. The maximum Gasteiger partial charge on any atom is 0.277 e. The number of nitrogens with one attached hydrogen (secondary N) is 2. The van der Waals surface area contributed by atoms with Gasteiger partial charge in [-0.1, -0.05) is 0 Å². The van der Waals surface area contributed by atoms with Crippen molar-refractivity contribution in [2.45, 2.75) is 46.2 Å². The third kappa shape index (κ3) is 6.57. The second-order valence-electron chi connectivity index (χ2n) is 4.13. The second kappa shape index (κ2) is 3.72. The van der Waals surface area contributed by atoms with Gasteiger partial charge in [-0.3, -0.25) is 0 Å². The van der Waals surface area contributed by atoms with Gasteiger partial charge in [-0.2, -0.15) is 17.9 Å². The summed E-state index contributed by atoms with van der Waals surface area (Å²) < 4.78 is 27.4. The fraction of sp³-hybridized carbons (Fsp3) is 1.00. The maximum absolute atomic E-state index is 11.2. The molecule has 0 aromatic carbocycles. The smallest absolute Gasteiger partial charge is 0.200 e. The van der Waals surface area contributed by atoms with E-state index in [1.807, 2.05) is 0 Å². The van der Waals surface area contributed by atoms with E-state index in [2.05, 4.69) is 9.44 Å². The summed E-state index contributed by atoms with van der Waals surface area (Å²) in [6.07, 6.45) is 0. The van der Waals surface area contributed by atoms with Gasteiger partial charge in [-0.15, -0.1) is 0 Å². The van der Waals surface area contributed by atoms with Crippen LogP contribution in [0.3, 0.4) is 0 Å². The average molecular weight is 194 g/mol. The van der Waals surface area contributed by atoms with Crippen LogP contribution in [0, 0.1) is 0 Å². The van der Waals surface area contributed by atoms with Gasteiger partial charge in [0.25, 0.3) is 10.2 Å². The fourth-order valence-electron chi connectivity index (χ4n) is 0.743. The van der Waals surface area contributed by atoms with Crippen molar-refractivity contribution in [3.8, 4) is 0 Å². The lowest BCUT2D eigenvalue weighted by molar-refractivity contribution is 0.479. The molecule has 0 aliphatic carbocycles. The van der Waals surface area contributed by atoms with Crippen LogP contribution in [0.5, 0.6) is 0 Å². The van der Waals surface area contributed by atoms with Gasteiger partial charge in [-0.25, -0.2) is 0 Å². The highest BCUT2D eigenvalue weighted by Crippen LogP contribution is 2.00. The Hall–Kier alpha value is -0.130. The van der Waals surface area contributed by atoms with Crippen LogP contribution in [-0.2, 0) is 10.2 Å². The van der Waals surface area contributed by atoms with Crippen molar-refractivity contribution in [1.82, 2.24) is 9.44 Å². The fourth-order valence-corrected chi connectivity index (χ4v) is 2.23. The first-order chi connectivity index (χ1) is 5.12. The van der Waals surface area contributed by atoms with Crippen molar-refractivity contribution in [3.05, 3.63) is 0 Å². The van der Waals surface area contributed by atoms with Gasteiger partial charge < -0.3 is 0 Å². The van der Waals surface area contributed by atoms with E-state index in [4.69, 9.17) is 0 Å². The van der Waals surface area contributed by atoms with Gasteiger partial charge >= 0.3 is 0 Å². The van der Waals surface area contributed by atoms with Gasteiger partial charge in [0, 0.05) is 11.6 Å². The lowest BCUT2D eigenvalue weighted by Gasteiger charge is -2.21. The van der Waals surface area contributed by atoms with Crippen molar-refractivity contribution >= 4 is 10.2 Å². The Morgan fingerprint density at radius 3 is 1.83 bits per heavy atom. The van der Waals surface area contributed by atoms with Crippen LogP contribution in [0.1, 0.15) is 34.6 Å². The Balaban J connectivity index is 4.26. The molecule has 12 heavy (non-hydrogen) atoms. The van der Waals surface area contributed by atoms with E-state index < -0.39 is 15.7 Å². The van der Waals surface area contributed by atoms with Crippen LogP contribution >= 0.6 is 0 Å². The van der Waals surface area contributed by atoms with Crippen LogP contribution < -0.4 is 9.44 Å². The monoisotopic (exact) mass is 194 g/mol. The molecule has 5 heteroatoms. The van der Waals surface area contributed by atoms with Crippen LogP contribution in [-0.4, -0.2) is 20.0 Å². The third-order valence-corrected chi connectivity index (χ3v) is 2.49. The van der Waals surface area contributed by atoms with Crippen LogP contribution in [0.2, 0.25) is 0 Å². The molecule has 0 aromatic heterocycles. The Labute approximate surface area is 74.9 Å². The molecule has 0 saturated carbocycles. The highest BCUT2D eigenvalue weighted by Gasteiger charge is 2.19. The highest BCUT2D eigenvalue weighted by atomic mass is 32.2. The molecule has 0 heterocycles. The lowest BCUT2D eigenvalue weighted by atomic mass is 10.1. The van der Waals surface area contributed by atoms with E-state index in [9.17, 15) is 8.42 Å². The van der Waals surface area contributed by atoms with E-state index in [-0.39, 0.29) is 6.04 Å². The van der Waals surface area contributed by atoms with Crippen LogP contribution in [0.4, 0.5) is 0 Å². The van der Waals surface area contributed by atoms with Crippen molar-refractivity contribution in [2.75, 3.05) is 0 Å². The minimum atomic E-state index is -3.34. The molecule has 0 saturated heterocycles. The van der Waals surface area contributed by atoms with E-state index in [0.29, 0.717) is 0 Å². The molecule has 0 rings (SSSR count). The normalized spacial score (nSPS) is 13.8. The van der Waals surface area contributed by atoms with Gasteiger partial charge in [0.1, 0.15) is 0 Å². The average Bonchev–Trinajstić information content (AvgIpc) is 1.48. The zero-order valence-electron chi connectivity index (χ0n) is 8.30. The summed E-state index contributed by atoms with van der Waals surface area (Å²) in [5.74, 6) is 0. The number of hydrogen-bond acceptors (Lipinski definition) is 2. The van der Waals surface area contributed by atoms with E-state index >= 15 is 0 Å².